The molecule has 0 spiro atoms. The third kappa shape index (κ3) is 3.73. The number of carbonyl (C=O) groups excluding carboxylic acids is 2. The van der Waals surface area contributed by atoms with Crippen LogP contribution in [0.3, 0.4) is 0 Å². The van der Waals surface area contributed by atoms with E-state index >= 15 is 0 Å². The summed E-state index contributed by atoms with van der Waals surface area (Å²) in [7, 11) is -3.55. The maximum absolute atomic E-state index is 12.8. The molecule has 2 aliphatic rings. The van der Waals surface area contributed by atoms with E-state index in [4.69, 9.17) is 0 Å². The van der Waals surface area contributed by atoms with Crippen molar-refractivity contribution in [2.75, 3.05) is 25.4 Å². The summed E-state index contributed by atoms with van der Waals surface area (Å²) in [5, 5.41) is 2.94. The van der Waals surface area contributed by atoms with Crippen LogP contribution < -0.4 is 5.32 Å². The van der Waals surface area contributed by atoms with Gasteiger partial charge in [0.25, 0.3) is 11.8 Å². The van der Waals surface area contributed by atoms with E-state index in [1.54, 1.807) is 12.1 Å². The highest BCUT2D eigenvalue weighted by molar-refractivity contribution is 7.89. The Hall–Kier alpha value is -2.00. The van der Waals surface area contributed by atoms with Gasteiger partial charge in [-0.15, -0.1) is 0 Å². The zero-order chi connectivity index (χ0) is 18.9. The number of aryl methyl sites for hydroxylation is 1. The number of hydrogen-bond acceptors (Lipinski definition) is 6. The molecule has 0 aromatic carbocycles. The first kappa shape index (κ1) is 18.8. The zero-order valence-electron chi connectivity index (χ0n) is 15.0. The maximum Gasteiger partial charge on any atom is 0.253 e. The molecule has 8 nitrogen and oxygen atoms in total. The van der Waals surface area contributed by atoms with E-state index in [2.05, 4.69) is 10.3 Å². The fraction of sp³-hybridized carbons (Fsp3) is 0.588. The van der Waals surface area contributed by atoms with Crippen molar-refractivity contribution in [1.82, 2.24) is 19.5 Å². The van der Waals surface area contributed by atoms with E-state index < -0.39 is 16.1 Å². The molecule has 0 aliphatic carbocycles. The van der Waals surface area contributed by atoms with Crippen LogP contribution in [0.1, 0.15) is 35.8 Å². The first-order valence-electron chi connectivity index (χ1n) is 8.83. The van der Waals surface area contributed by atoms with Crippen LogP contribution in [0.2, 0.25) is 0 Å². The average molecular weight is 380 g/mol. The minimum Gasteiger partial charge on any atom is -0.348 e. The van der Waals surface area contributed by atoms with Gasteiger partial charge in [0.05, 0.1) is 17.4 Å². The molecule has 1 aromatic heterocycles. The minimum atomic E-state index is -3.55. The second-order valence-corrected chi connectivity index (χ2v) is 8.84. The van der Waals surface area contributed by atoms with Gasteiger partial charge in [-0.25, -0.2) is 12.7 Å². The van der Waals surface area contributed by atoms with Gasteiger partial charge in [0.2, 0.25) is 10.0 Å². The standard InChI is InChI=1S/C17H24N4O4S/c1-3-6-21-17(23)15-9-14(11-20(15)7-8-26(21,24)25)19-16(22)13-5-4-12(2)18-10-13/h4-5,10,14-15H,3,6-9,11H2,1-2H3,(H,19,22). The van der Waals surface area contributed by atoms with E-state index in [-0.39, 0.29) is 30.2 Å². The lowest BCUT2D eigenvalue weighted by Gasteiger charge is -2.23. The second kappa shape index (κ2) is 7.32. The minimum absolute atomic E-state index is 0.0716. The highest BCUT2D eigenvalue weighted by Gasteiger charge is 2.44. The maximum atomic E-state index is 12.8. The highest BCUT2D eigenvalue weighted by Crippen LogP contribution is 2.25. The van der Waals surface area contributed by atoms with Gasteiger partial charge in [-0.05, 0) is 31.9 Å². The molecular formula is C17H24N4O4S. The summed E-state index contributed by atoms with van der Waals surface area (Å²) in [5.74, 6) is -0.679. The third-order valence-electron chi connectivity index (χ3n) is 4.84. The molecule has 26 heavy (non-hydrogen) atoms. The average Bonchev–Trinajstić information content (AvgIpc) is 2.97. The number of sulfonamides is 1. The monoisotopic (exact) mass is 380 g/mol. The predicted molar refractivity (Wildman–Crippen MR) is 96.0 cm³/mol. The van der Waals surface area contributed by atoms with Gasteiger partial charge in [0.1, 0.15) is 0 Å². The molecule has 0 bridgehead atoms. The topological polar surface area (TPSA) is 99.7 Å². The van der Waals surface area contributed by atoms with Crippen molar-refractivity contribution in [2.24, 2.45) is 0 Å². The summed E-state index contributed by atoms with van der Waals surface area (Å²) in [5.41, 5.74) is 1.30. The molecule has 2 atom stereocenters. The normalized spacial score (nSPS) is 25.6. The number of nitrogens with one attached hydrogen (secondary N) is 1. The molecule has 2 saturated heterocycles. The van der Waals surface area contributed by atoms with Gasteiger partial charge in [-0.1, -0.05) is 6.92 Å². The van der Waals surface area contributed by atoms with Crippen LogP contribution in [0.4, 0.5) is 0 Å². The smallest absolute Gasteiger partial charge is 0.253 e. The van der Waals surface area contributed by atoms with Crippen LogP contribution in [0.15, 0.2) is 18.3 Å². The number of nitrogens with zero attached hydrogens (tertiary/aromatic N) is 3. The largest absolute Gasteiger partial charge is 0.348 e. The van der Waals surface area contributed by atoms with Crippen LogP contribution in [-0.2, 0) is 14.8 Å². The molecule has 9 heteroatoms. The van der Waals surface area contributed by atoms with E-state index in [9.17, 15) is 18.0 Å². The Kier molecular flexibility index (Phi) is 5.29. The molecule has 2 unspecified atom stereocenters. The summed E-state index contributed by atoms with van der Waals surface area (Å²) in [6.45, 7) is 4.67. The predicted octanol–water partition coefficient (Wildman–Crippen LogP) is 0.145. The molecule has 1 aromatic rings. The van der Waals surface area contributed by atoms with Gasteiger partial charge in [-0.2, -0.15) is 0 Å². The van der Waals surface area contributed by atoms with Gasteiger partial charge in [-0.3, -0.25) is 19.5 Å². The Morgan fingerprint density at radius 3 is 2.81 bits per heavy atom. The third-order valence-corrected chi connectivity index (χ3v) is 6.57. The summed E-state index contributed by atoms with van der Waals surface area (Å²) < 4.78 is 25.6. The van der Waals surface area contributed by atoms with Crippen molar-refractivity contribution < 1.29 is 18.0 Å². The molecule has 0 saturated carbocycles. The molecule has 142 valence electrons. The number of carbonyl (C=O) groups is 2. The summed E-state index contributed by atoms with van der Waals surface area (Å²) in [6, 6.07) is 2.79. The van der Waals surface area contributed by atoms with Crippen molar-refractivity contribution >= 4 is 21.8 Å². The molecular weight excluding hydrogens is 356 g/mol. The van der Waals surface area contributed by atoms with Crippen LogP contribution in [-0.4, -0.2) is 71.9 Å². The lowest BCUT2D eigenvalue weighted by molar-refractivity contribution is -0.130. The zero-order valence-corrected chi connectivity index (χ0v) is 15.8. The Labute approximate surface area is 153 Å². The highest BCUT2D eigenvalue weighted by atomic mass is 32.2. The number of aromatic nitrogens is 1. The van der Waals surface area contributed by atoms with Crippen molar-refractivity contribution in [3.63, 3.8) is 0 Å². The molecule has 3 rings (SSSR count). The van der Waals surface area contributed by atoms with E-state index in [1.165, 1.54) is 6.20 Å². The van der Waals surface area contributed by atoms with Crippen molar-refractivity contribution in [3.05, 3.63) is 29.6 Å². The number of hydrogen-bond donors (Lipinski definition) is 1. The Morgan fingerprint density at radius 1 is 1.38 bits per heavy atom. The lowest BCUT2D eigenvalue weighted by Crippen LogP contribution is -2.44. The van der Waals surface area contributed by atoms with Gasteiger partial charge in [0.15, 0.2) is 0 Å². The Morgan fingerprint density at radius 2 is 2.15 bits per heavy atom. The molecule has 2 fully saturated rings. The first-order chi connectivity index (χ1) is 12.3. The van der Waals surface area contributed by atoms with Crippen molar-refractivity contribution in [2.45, 2.75) is 38.8 Å². The number of fused-ring (bicyclic) bond motifs is 1. The molecule has 1 N–H and O–H groups in total. The molecule has 2 aliphatic heterocycles. The summed E-state index contributed by atoms with van der Waals surface area (Å²) in [4.78, 5) is 31.1. The number of rotatable bonds is 4. The Balaban J connectivity index is 1.70. The molecule has 2 amide bonds. The van der Waals surface area contributed by atoms with E-state index in [0.717, 1.165) is 10.00 Å². The number of pyridine rings is 1. The van der Waals surface area contributed by atoms with Gasteiger partial charge in [0, 0.05) is 37.6 Å². The first-order valence-corrected chi connectivity index (χ1v) is 10.4. The second-order valence-electron chi connectivity index (χ2n) is 6.83. The Bertz CT molecular complexity index is 793. The van der Waals surface area contributed by atoms with Gasteiger partial charge < -0.3 is 5.32 Å². The van der Waals surface area contributed by atoms with Gasteiger partial charge >= 0.3 is 0 Å². The van der Waals surface area contributed by atoms with Crippen LogP contribution in [0.25, 0.3) is 0 Å². The van der Waals surface area contributed by atoms with Crippen molar-refractivity contribution in [3.8, 4) is 0 Å². The fourth-order valence-corrected chi connectivity index (χ4v) is 5.02. The SMILES string of the molecule is CCCN1C(=O)C2CC(NC(=O)c3ccc(C)nc3)CN2CCS1(=O)=O. The quantitative estimate of drug-likeness (QED) is 0.798. The summed E-state index contributed by atoms with van der Waals surface area (Å²) >= 11 is 0. The molecule has 3 heterocycles. The van der Waals surface area contributed by atoms with Crippen LogP contribution in [0.5, 0.6) is 0 Å². The molecule has 0 radical (unpaired) electrons. The summed E-state index contributed by atoms with van der Waals surface area (Å²) in [6.07, 6.45) is 2.52. The van der Waals surface area contributed by atoms with E-state index in [0.29, 0.717) is 31.5 Å². The van der Waals surface area contributed by atoms with Crippen LogP contribution >= 0.6 is 0 Å². The fourth-order valence-electron chi connectivity index (χ4n) is 3.48. The van der Waals surface area contributed by atoms with Crippen LogP contribution in [0, 0.1) is 6.92 Å². The van der Waals surface area contributed by atoms with E-state index in [1.807, 2.05) is 18.7 Å². The van der Waals surface area contributed by atoms with Crippen molar-refractivity contribution in [1.29, 1.82) is 0 Å². The lowest BCUT2D eigenvalue weighted by atomic mass is 10.1. The number of amides is 2.